The largest absolute Gasteiger partial charge is 0.425 e. The van der Waals surface area contributed by atoms with Crippen molar-refractivity contribution in [2.24, 2.45) is 0 Å². The van der Waals surface area contributed by atoms with E-state index in [0.717, 1.165) is 0 Å². The Morgan fingerprint density at radius 2 is 2.09 bits per heavy atom. The molecule has 1 N–H and O–H groups in total. The Hall–Kier alpha value is -1.39. The number of carbonyl (C=O) groups excluding carboxylic acids is 3. The van der Waals surface area contributed by atoms with Crippen LogP contribution in [-0.4, -0.2) is 23.4 Å². The number of hydrogen-bond acceptors (Lipinski definition) is 4. The van der Waals surface area contributed by atoms with E-state index in [1.165, 1.54) is 13.8 Å². The van der Waals surface area contributed by atoms with Gasteiger partial charge >= 0.3 is 6.09 Å². The molecule has 1 saturated heterocycles. The molecule has 0 radical (unpaired) electrons. The maximum absolute atomic E-state index is 10.9. The zero-order chi connectivity index (χ0) is 8.65. The molecular weight excluding hydrogens is 150 g/mol. The van der Waals surface area contributed by atoms with Gasteiger partial charge in [0.25, 0.3) is 5.91 Å². The fraction of sp³-hybridized carbons (Fsp3) is 0.500. The van der Waals surface area contributed by atoms with Gasteiger partial charge in [-0.1, -0.05) is 0 Å². The van der Waals surface area contributed by atoms with Crippen LogP contribution in [0, 0.1) is 0 Å². The third-order valence-electron chi connectivity index (χ3n) is 1.62. The second-order valence-electron chi connectivity index (χ2n) is 2.43. The van der Waals surface area contributed by atoms with Crippen molar-refractivity contribution < 1.29 is 19.1 Å². The Kier molecular flexibility index (Phi) is 1.44. The minimum absolute atomic E-state index is 0.485. The maximum atomic E-state index is 10.9. The van der Waals surface area contributed by atoms with Gasteiger partial charge in [-0.15, -0.1) is 0 Å². The van der Waals surface area contributed by atoms with Crippen molar-refractivity contribution in [1.29, 1.82) is 0 Å². The molecule has 1 atom stereocenters. The van der Waals surface area contributed by atoms with E-state index in [9.17, 15) is 14.4 Å². The first-order chi connectivity index (χ1) is 4.97. The summed E-state index contributed by atoms with van der Waals surface area (Å²) in [5.41, 5.74) is -1.61. The summed E-state index contributed by atoms with van der Waals surface area (Å²) < 4.78 is 4.47. The number of nitrogens with one attached hydrogen (secondary N) is 1. The molecule has 1 aliphatic heterocycles. The van der Waals surface area contributed by atoms with Crippen LogP contribution >= 0.6 is 0 Å². The van der Waals surface area contributed by atoms with Crippen molar-refractivity contribution in [3.63, 3.8) is 0 Å². The van der Waals surface area contributed by atoms with E-state index in [4.69, 9.17) is 0 Å². The molecule has 11 heavy (non-hydrogen) atoms. The zero-order valence-corrected chi connectivity index (χ0v) is 6.13. The predicted molar refractivity (Wildman–Crippen MR) is 33.7 cm³/mol. The molecule has 1 unspecified atom stereocenters. The monoisotopic (exact) mass is 157 g/mol. The zero-order valence-electron chi connectivity index (χ0n) is 6.13. The maximum Gasteiger partial charge on any atom is 0.415 e. The van der Waals surface area contributed by atoms with E-state index in [0.29, 0.717) is 0 Å². The smallest absolute Gasteiger partial charge is 0.415 e. The Balaban J connectivity index is 2.96. The molecule has 1 rings (SSSR count). The van der Waals surface area contributed by atoms with Crippen molar-refractivity contribution in [2.45, 2.75) is 19.4 Å². The quantitative estimate of drug-likeness (QED) is 0.525. The lowest BCUT2D eigenvalue weighted by Crippen LogP contribution is -2.42. The number of cyclic esters (lactones) is 1. The number of hydrogen-bond donors (Lipinski definition) is 1. The number of ketones is 1. The average Bonchev–Trinajstić information content (AvgIpc) is 2.08. The van der Waals surface area contributed by atoms with Gasteiger partial charge in [0.1, 0.15) is 0 Å². The molecule has 1 fully saturated rings. The van der Waals surface area contributed by atoms with E-state index in [2.05, 4.69) is 4.74 Å². The van der Waals surface area contributed by atoms with Gasteiger partial charge in [-0.3, -0.25) is 14.9 Å². The van der Waals surface area contributed by atoms with Gasteiger partial charge in [-0.25, -0.2) is 4.79 Å². The fourth-order valence-electron chi connectivity index (χ4n) is 0.701. The summed E-state index contributed by atoms with van der Waals surface area (Å²) in [7, 11) is 0. The second-order valence-corrected chi connectivity index (χ2v) is 2.43. The molecule has 0 aromatic rings. The first-order valence-corrected chi connectivity index (χ1v) is 3.02. The Morgan fingerprint density at radius 1 is 1.55 bits per heavy atom. The van der Waals surface area contributed by atoms with Gasteiger partial charge in [0.05, 0.1) is 0 Å². The number of Topliss-reactive ketones (excluding diaryl/α,β-unsaturated/α-hetero) is 1. The summed E-state index contributed by atoms with van der Waals surface area (Å²) >= 11 is 0. The van der Waals surface area contributed by atoms with Crippen molar-refractivity contribution in [3.05, 3.63) is 0 Å². The van der Waals surface area contributed by atoms with Gasteiger partial charge in [0, 0.05) is 0 Å². The van der Waals surface area contributed by atoms with Crippen LogP contribution in [0.5, 0.6) is 0 Å². The number of ether oxygens (including phenoxy) is 1. The molecular formula is C6H7NO4. The molecule has 0 bridgehead atoms. The van der Waals surface area contributed by atoms with Crippen LogP contribution < -0.4 is 5.32 Å². The fourth-order valence-corrected chi connectivity index (χ4v) is 0.701. The molecule has 5 nitrogen and oxygen atoms in total. The van der Waals surface area contributed by atoms with E-state index < -0.39 is 23.4 Å². The molecule has 0 spiro atoms. The SMILES string of the molecule is CC(=O)C1(C)OC(=O)NC1=O. The Morgan fingerprint density at radius 3 is 2.27 bits per heavy atom. The Labute approximate surface area is 62.7 Å². The summed E-state index contributed by atoms with van der Waals surface area (Å²) in [6, 6.07) is 0. The highest BCUT2D eigenvalue weighted by atomic mass is 16.6. The summed E-state index contributed by atoms with van der Waals surface area (Å²) in [5, 5.41) is 1.87. The van der Waals surface area contributed by atoms with Crippen molar-refractivity contribution in [3.8, 4) is 0 Å². The molecule has 0 aromatic carbocycles. The molecule has 5 heteroatoms. The van der Waals surface area contributed by atoms with E-state index in [1.54, 1.807) is 0 Å². The van der Waals surface area contributed by atoms with Crippen LogP contribution in [-0.2, 0) is 14.3 Å². The number of rotatable bonds is 1. The third-order valence-corrected chi connectivity index (χ3v) is 1.62. The molecule has 0 aromatic heterocycles. The van der Waals surface area contributed by atoms with Crippen LogP contribution in [0.15, 0.2) is 0 Å². The average molecular weight is 157 g/mol. The van der Waals surface area contributed by atoms with Crippen molar-refractivity contribution in [2.75, 3.05) is 0 Å². The van der Waals surface area contributed by atoms with E-state index in [1.807, 2.05) is 5.32 Å². The molecule has 1 heterocycles. The molecule has 1 aliphatic rings. The lowest BCUT2D eigenvalue weighted by Gasteiger charge is -2.13. The molecule has 0 saturated carbocycles. The van der Waals surface area contributed by atoms with Crippen molar-refractivity contribution >= 4 is 17.8 Å². The highest BCUT2D eigenvalue weighted by molar-refractivity contribution is 6.16. The molecule has 2 amide bonds. The van der Waals surface area contributed by atoms with Gasteiger partial charge in [0.15, 0.2) is 5.78 Å². The van der Waals surface area contributed by atoms with E-state index in [-0.39, 0.29) is 0 Å². The number of carbonyl (C=O) groups is 3. The summed E-state index contributed by atoms with van der Waals surface area (Å²) in [4.78, 5) is 32.1. The van der Waals surface area contributed by atoms with Crippen LogP contribution in [0.4, 0.5) is 4.79 Å². The topological polar surface area (TPSA) is 72.5 Å². The molecule has 0 aliphatic carbocycles. The summed E-state index contributed by atoms with van der Waals surface area (Å²) in [5.74, 6) is -1.18. The normalized spacial score (nSPS) is 29.6. The highest BCUT2D eigenvalue weighted by Crippen LogP contribution is 2.17. The summed E-state index contributed by atoms with van der Waals surface area (Å²) in [6.45, 7) is 2.45. The number of alkyl carbamates (subject to hydrolysis) is 1. The standard InChI is InChI=1S/C6H7NO4/c1-3(8)6(2)4(9)7-5(10)11-6/h1-2H3,(H,7,9,10). The van der Waals surface area contributed by atoms with Gasteiger partial charge in [0.2, 0.25) is 5.60 Å². The highest BCUT2D eigenvalue weighted by Gasteiger charge is 2.48. The lowest BCUT2D eigenvalue weighted by molar-refractivity contribution is -0.142. The minimum atomic E-state index is -1.61. The Bertz CT molecular complexity index is 247. The molecule has 60 valence electrons. The second kappa shape index (κ2) is 2.05. The van der Waals surface area contributed by atoms with Crippen LogP contribution in [0.1, 0.15) is 13.8 Å². The van der Waals surface area contributed by atoms with Gasteiger partial charge in [-0.2, -0.15) is 0 Å². The first kappa shape index (κ1) is 7.71. The predicted octanol–water partition coefficient (Wildman–Crippen LogP) is -0.400. The first-order valence-electron chi connectivity index (χ1n) is 3.02. The third kappa shape index (κ3) is 0.978. The van der Waals surface area contributed by atoms with E-state index >= 15 is 0 Å². The van der Waals surface area contributed by atoms with Gasteiger partial charge in [-0.05, 0) is 13.8 Å². The van der Waals surface area contributed by atoms with Crippen molar-refractivity contribution in [1.82, 2.24) is 5.32 Å². The number of amides is 2. The minimum Gasteiger partial charge on any atom is -0.425 e. The van der Waals surface area contributed by atoms with Crippen LogP contribution in [0.3, 0.4) is 0 Å². The van der Waals surface area contributed by atoms with Crippen LogP contribution in [0.25, 0.3) is 0 Å². The van der Waals surface area contributed by atoms with Gasteiger partial charge < -0.3 is 4.74 Å². The summed E-state index contributed by atoms with van der Waals surface area (Å²) in [6.07, 6.45) is -0.868. The lowest BCUT2D eigenvalue weighted by atomic mass is 10.0. The van der Waals surface area contributed by atoms with Crippen LogP contribution in [0.2, 0.25) is 0 Å². The number of imide groups is 1.